The summed E-state index contributed by atoms with van der Waals surface area (Å²) in [4.78, 5) is 42.3. The fraction of sp³-hybridized carbons (Fsp3) is 0.290. The van der Waals surface area contributed by atoms with Crippen LogP contribution in [0.15, 0.2) is 53.5 Å². The van der Waals surface area contributed by atoms with Gasteiger partial charge in [-0.3, -0.25) is 14.6 Å². The Hall–Kier alpha value is -4.81. The molecule has 0 aliphatic carbocycles. The molecule has 2 aromatic heterocycles. The Morgan fingerprint density at radius 2 is 1.75 bits per heavy atom. The van der Waals surface area contributed by atoms with E-state index in [1.807, 2.05) is 6.92 Å². The number of carboxylic acids is 1. The van der Waals surface area contributed by atoms with E-state index in [-0.39, 0.29) is 39.5 Å². The number of nitrogens with zero attached hydrogens (tertiary/aromatic N) is 2. The molecular weight excluding hydrogens is 587 g/mol. The molecule has 44 heavy (non-hydrogen) atoms. The number of carbonyl (C=O) groups excluding carboxylic acids is 1. The predicted molar refractivity (Wildman–Crippen MR) is 154 cm³/mol. The summed E-state index contributed by atoms with van der Waals surface area (Å²) in [5.41, 5.74) is -3.33. The largest absolute Gasteiger partial charge is 0.480 e. The first-order chi connectivity index (χ1) is 20.6. The topological polar surface area (TPSA) is 113 Å². The van der Waals surface area contributed by atoms with Crippen molar-refractivity contribution < 1.29 is 36.6 Å². The molecular formula is C31H29F5N4O4. The van der Waals surface area contributed by atoms with Crippen molar-refractivity contribution in [2.75, 3.05) is 5.32 Å². The summed E-state index contributed by atoms with van der Waals surface area (Å²) in [6.07, 6.45) is -3.30. The molecule has 2 atom stereocenters. The molecule has 2 heterocycles. The van der Waals surface area contributed by atoms with E-state index in [4.69, 9.17) is 0 Å². The summed E-state index contributed by atoms with van der Waals surface area (Å²) in [6, 6.07) is 6.46. The Morgan fingerprint density at radius 3 is 2.34 bits per heavy atom. The maximum Gasteiger partial charge on any atom is 0.417 e. The molecule has 0 radical (unpaired) electrons. The van der Waals surface area contributed by atoms with E-state index in [9.17, 15) is 41.4 Å². The van der Waals surface area contributed by atoms with E-state index in [1.54, 1.807) is 6.92 Å². The lowest BCUT2D eigenvalue weighted by molar-refractivity contribution is -0.139. The average Bonchev–Trinajstić information content (AvgIpc) is 2.94. The van der Waals surface area contributed by atoms with Crippen molar-refractivity contribution in [3.8, 4) is 11.1 Å². The second-order valence-corrected chi connectivity index (χ2v) is 10.4. The molecule has 232 valence electrons. The van der Waals surface area contributed by atoms with Crippen LogP contribution in [0, 0.1) is 18.6 Å². The molecule has 8 nitrogen and oxygen atoms in total. The average molecular weight is 617 g/mol. The van der Waals surface area contributed by atoms with E-state index in [0.717, 1.165) is 22.8 Å². The molecule has 3 N–H and O–H groups in total. The second-order valence-electron chi connectivity index (χ2n) is 10.4. The van der Waals surface area contributed by atoms with E-state index in [1.165, 1.54) is 44.4 Å². The number of pyridine rings is 2. The monoisotopic (exact) mass is 616 g/mol. The standard InChI is InChI=1S/C31H29F5N4O4/c1-5-15(2)38-18-13-22(32)26(23(33)14-18)28(41)39-24(30(43)44)12-17-8-9-20(27-19(17)7-6-10-37-27)25-21(31(34,35)36)11-16(3)40(4)29(25)42/h6-11,13-15,24,38H,5,12H2,1-4H3,(H,39,41)(H,43,44)/t15-,24-/m0/s1. The molecule has 4 rings (SSSR count). The number of alkyl halides is 3. The fourth-order valence-electron chi connectivity index (χ4n) is 4.83. The van der Waals surface area contributed by atoms with Crippen LogP contribution in [0.5, 0.6) is 0 Å². The summed E-state index contributed by atoms with van der Waals surface area (Å²) in [5, 5.41) is 15.1. The van der Waals surface area contributed by atoms with Gasteiger partial charge in [-0.2, -0.15) is 13.2 Å². The number of aryl methyl sites for hydroxylation is 1. The van der Waals surface area contributed by atoms with Gasteiger partial charge >= 0.3 is 12.1 Å². The molecule has 1 amide bonds. The number of carbonyl (C=O) groups is 2. The zero-order valence-corrected chi connectivity index (χ0v) is 24.1. The molecule has 2 aromatic carbocycles. The number of hydrogen-bond acceptors (Lipinski definition) is 5. The molecule has 0 unspecified atom stereocenters. The zero-order chi connectivity index (χ0) is 32.5. The van der Waals surface area contributed by atoms with Gasteiger partial charge in [0.25, 0.3) is 11.5 Å². The quantitative estimate of drug-likeness (QED) is 0.204. The first-order valence-corrected chi connectivity index (χ1v) is 13.6. The van der Waals surface area contributed by atoms with Gasteiger partial charge in [0.05, 0.1) is 16.6 Å². The number of halogens is 5. The second kappa shape index (κ2) is 12.4. The van der Waals surface area contributed by atoms with Crippen LogP contribution in [0.2, 0.25) is 0 Å². The smallest absolute Gasteiger partial charge is 0.417 e. The van der Waals surface area contributed by atoms with Crippen LogP contribution in [0.3, 0.4) is 0 Å². The van der Waals surface area contributed by atoms with Gasteiger partial charge in [0.1, 0.15) is 23.2 Å². The fourth-order valence-corrected chi connectivity index (χ4v) is 4.83. The third-order valence-corrected chi connectivity index (χ3v) is 7.43. The lowest BCUT2D eigenvalue weighted by atomic mass is 9.93. The van der Waals surface area contributed by atoms with Crippen LogP contribution in [0.1, 0.15) is 47.4 Å². The van der Waals surface area contributed by atoms with Crippen molar-refractivity contribution in [3.05, 3.63) is 93.0 Å². The lowest BCUT2D eigenvalue weighted by Gasteiger charge is -2.19. The van der Waals surface area contributed by atoms with E-state index < -0.39 is 64.4 Å². The minimum absolute atomic E-state index is 0.00611. The van der Waals surface area contributed by atoms with Gasteiger partial charge in [-0.05, 0) is 50.1 Å². The number of aromatic nitrogens is 2. The highest BCUT2D eigenvalue weighted by Crippen LogP contribution is 2.38. The van der Waals surface area contributed by atoms with E-state index in [2.05, 4.69) is 15.6 Å². The molecule has 0 fully saturated rings. The maximum atomic E-state index is 14.8. The van der Waals surface area contributed by atoms with Crippen molar-refractivity contribution in [1.29, 1.82) is 0 Å². The highest BCUT2D eigenvalue weighted by Gasteiger charge is 2.37. The van der Waals surface area contributed by atoms with Crippen LogP contribution in [0.25, 0.3) is 22.0 Å². The SMILES string of the molecule is CC[C@H](C)Nc1cc(F)c(C(=O)N[C@@H](Cc2ccc(-c3c(C(F)(F)F)cc(C)n(C)c3=O)c3ncccc23)C(=O)O)c(F)c1. The van der Waals surface area contributed by atoms with Crippen molar-refractivity contribution >= 4 is 28.5 Å². The molecule has 0 saturated heterocycles. The number of carboxylic acid groups (broad SMARTS) is 1. The first kappa shape index (κ1) is 32.1. The van der Waals surface area contributed by atoms with Gasteiger partial charge in [-0.1, -0.05) is 25.1 Å². The zero-order valence-electron chi connectivity index (χ0n) is 24.1. The van der Waals surface area contributed by atoms with E-state index in [0.29, 0.717) is 6.42 Å². The van der Waals surface area contributed by atoms with Gasteiger partial charge in [0.15, 0.2) is 0 Å². The Kier molecular flexibility index (Phi) is 9.07. The summed E-state index contributed by atoms with van der Waals surface area (Å²) < 4.78 is 72.8. The maximum absolute atomic E-state index is 14.8. The molecule has 0 aliphatic rings. The Balaban J connectivity index is 1.73. The number of benzene rings is 2. The van der Waals surface area contributed by atoms with Gasteiger partial charge in [0, 0.05) is 48.0 Å². The Morgan fingerprint density at radius 1 is 1.09 bits per heavy atom. The lowest BCUT2D eigenvalue weighted by Crippen LogP contribution is -2.43. The van der Waals surface area contributed by atoms with Gasteiger partial charge in [-0.15, -0.1) is 0 Å². The van der Waals surface area contributed by atoms with Crippen molar-refractivity contribution in [2.45, 2.75) is 51.9 Å². The summed E-state index contributed by atoms with van der Waals surface area (Å²) in [5.74, 6) is -5.23. The highest BCUT2D eigenvalue weighted by atomic mass is 19.4. The number of nitrogens with one attached hydrogen (secondary N) is 2. The van der Waals surface area contributed by atoms with Crippen LogP contribution < -0.4 is 16.2 Å². The number of anilines is 1. The van der Waals surface area contributed by atoms with Gasteiger partial charge < -0.3 is 20.3 Å². The van der Waals surface area contributed by atoms with Crippen LogP contribution in [-0.2, 0) is 24.4 Å². The molecule has 0 bridgehead atoms. The highest BCUT2D eigenvalue weighted by molar-refractivity contribution is 5.99. The third-order valence-electron chi connectivity index (χ3n) is 7.43. The van der Waals surface area contributed by atoms with Crippen LogP contribution in [-0.4, -0.2) is 38.6 Å². The Bertz CT molecular complexity index is 1800. The number of aliphatic carboxylic acids is 1. The van der Waals surface area contributed by atoms with Crippen molar-refractivity contribution in [2.24, 2.45) is 7.05 Å². The third kappa shape index (κ3) is 6.41. The summed E-state index contributed by atoms with van der Waals surface area (Å²) >= 11 is 0. The van der Waals surface area contributed by atoms with Crippen molar-refractivity contribution in [1.82, 2.24) is 14.9 Å². The number of rotatable bonds is 9. The minimum Gasteiger partial charge on any atom is -0.480 e. The molecule has 4 aromatic rings. The van der Waals surface area contributed by atoms with Crippen LogP contribution in [0.4, 0.5) is 27.6 Å². The van der Waals surface area contributed by atoms with Crippen molar-refractivity contribution in [3.63, 3.8) is 0 Å². The predicted octanol–water partition coefficient (Wildman–Crippen LogP) is 5.84. The Labute approximate surface area is 248 Å². The summed E-state index contributed by atoms with van der Waals surface area (Å²) in [6.45, 7) is 5.04. The normalized spacial score (nSPS) is 13.0. The van der Waals surface area contributed by atoms with E-state index >= 15 is 0 Å². The molecule has 0 aliphatic heterocycles. The number of fused-ring (bicyclic) bond motifs is 1. The van der Waals surface area contributed by atoms with Gasteiger partial charge in [0.2, 0.25) is 0 Å². The minimum atomic E-state index is -4.86. The van der Waals surface area contributed by atoms with Gasteiger partial charge in [-0.25, -0.2) is 13.6 Å². The molecule has 0 saturated carbocycles. The first-order valence-electron chi connectivity index (χ1n) is 13.6. The van der Waals surface area contributed by atoms with Crippen LogP contribution >= 0.6 is 0 Å². The molecule has 13 heteroatoms. The number of amides is 1. The molecule has 0 spiro atoms. The summed E-state index contributed by atoms with van der Waals surface area (Å²) in [7, 11) is 1.34. The number of hydrogen-bond donors (Lipinski definition) is 3.